The Kier molecular flexibility index (Phi) is 2.29. The Bertz CT molecular complexity index is 841. The predicted molar refractivity (Wildman–Crippen MR) is 67.9 cm³/mol. The molecule has 0 atom stereocenters. The van der Waals surface area contributed by atoms with Crippen molar-refractivity contribution in [2.24, 2.45) is 0 Å². The molecule has 92 valence electrons. The number of aryl methyl sites for hydroxylation is 1. The molecule has 2 aromatic heterocycles. The molecule has 6 heteroatoms. The molecule has 1 N–H and O–H groups in total. The third-order valence-corrected chi connectivity index (χ3v) is 2.96. The van der Waals surface area contributed by atoms with E-state index in [1.807, 2.05) is 28.8 Å². The van der Waals surface area contributed by atoms with Crippen LogP contribution in [-0.4, -0.2) is 19.2 Å². The van der Waals surface area contributed by atoms with Crippen LogP contribution in [0.2, 0.25) is 0 Å². The second-order valence-corrected chi connectivity index (χ2v) is 4.13. The fourth-order valence-electron chi connectivity index (χ4n) is 2.22. The number of H-pyrrole nitrogens is 1. The quantitative estimate of drug-likeness (QED) is 0.676. The van der Waals surface area contributed by atoms with Crippen molar-refractivity contribution in [2.45, 2.75) is 19.9 Å². The minimum absolute atomic E-state index is 0.475. The summed E-state index contributed by atoms with van der Waals surface area (Å²) in [6.45, 7) is 2.80. The first-order chi connectivity index (χ1) is 8.74. The van der Waals surface area contributed by atoms with Crippen LogP contribution in [0.25, 0.3) is 16.8 Å². The van der Waals surface area contributed by atoms with Gasteiger partial charge < -0.3 is 4.57 Å². The maximum atomic E-state index is 11.9. The van der Waals surface area contributed by atoms with E-state index in [0.717, 1.165) is 18.5 Å². The molecule has 2 heterocycles. The number of nitrogens with one attached hydrogen (secondary N) is 1. The van der Waals surface area contributed by atoms with Crippen molar-refractivity contribution >= 4 is 16.8 Å². The van der Waals surface area contributed by atoms with E-state index < -0.39 is 11.1 Å². The van der Waals surface area contributed by atoms with Gasteiger partial charge in [0, 0.05) is 6.54 Å². The van der Waals surface area contributed by atoms with Gasteiger partial charge in [0.1, 0.15) is 0 Å². The molecule has 6 nitrogen and oxygen atoms in total. The van der Waals surface area contributed by atoms with Gasteiger partial charge in [-0.1, -0.05) is 19.1 Å². The molecule has 3 rings (SSSR count). The van der Waals surface area contributed by atoms with E-state index in [1.165, 1.54) is 4.40 Å². The summed E-state index contributed by atoms with van der Waals surface area (Å²) in [7, 11) is 0. The average Bonchev–Trinajstić information content (AvgIpc) is 2.70. The third kappa shape index (κ3) is 1.32. The molecule has 18 heavy (non-hydrogen) atoms. The van der Waals surface area contributed by atoms with Crippen LogP contribution in [0.5, 0.6) is 0 Å². The monoisotopic (exact) mass is 244 g/mol. The Morgan fingerprint density at radius 2 is 1.94 bits per heavy atom. The first-order valence-corrected chi connectivity index (χ1v) is 5.82. The first kappa shape index (κ1) is 10.8. The summed E-state index contributed by atoms with van der Waals surface area (Å²) in [4.78, 5) is 23.3. The largest absolute Gasteiger partial charge is 0.330 e. The van der Waals surface area contributed by atoms with Crippen LogP contribution in [0.4, 0.5) is 0 Å². The highest BCUT2D eigenvalue weighted by atomic mass is 16.2. The Morgan fingerprint density at radius 1 is 1.22 bits per heavy atom. The standard InChI is InChI=1S/C12H12N4O2/c1-2-7-15-8-5-3-4-6-9(8)16-11(18)10(17)13-14-12(15)16/h3-6H,2,7H2,1H3,(H,13,17). The summed E-state index contributed by atoms with van der Waals surface area (Å²) in [5.41, 5.74) is 0.324. The van der Waals surface area contributed by atoms with Crippen molar-refractivity contribution < 1.29 is 0 Å². The Hall–Kier alpha value is -2.37. The molecule has 0 saturated carbocycles. The maximum Gasteiger partial charge on any atom is 0.330 e. The summed E-state index contributed by atoms with van der Waals surface area (Å²) in [5.74, 6) is 0.475. The zero-order chi connectivity index (χ0) is 12.7. The molecule has 3 aromatic rings. The molecule has 0 aliphatic carbocycles. The molecule has 0 radical (unpaired) electrons. The fourth-order valence-corrected chi connectivity index (χ4v) is 2.22. The number of aromatic nitrogens is 4. The van der Waals surface area contributed by atoms with Gasteiger partial charge in [0.15, 0.2) is 0 Å². The van der Waals surface area contributed by atoms with Crippen molar-refractivity contribution in [2.75, 3.05) is 0 Å². The van der Waals surface area contributed by atoms with Crippen molar-refractivity contribution in [1.82, 2.24) is 19.2 Å². The summed E-state index contributed by atoms with van der Waals surface area (Å²) in [6, 6.07) is 7.48. The van der Waals surface area contributed by atoms with E-state index in [2.05, 4.69) is 17.1 Å². The molecule has 0 unspecified atom stereocenters. The molecule has 1 aromatic carbocycles. The van der Waals surface area contributed by atoms with Crippen LogP contribution >= 0.6 is 0 Å². The van der Waals surface area contributed by atoms with Crippen LogP contribution < -0.4 is 11.1 Å². The van der Waals surface area contributed by atoms with Gasteiger partial charge in [-0.15, -0.1) is 5.10 Å². The number of fused-ring (bicyclic) bond motifs is 3. The first-order valence-electron chi connectivity index (χ1n) is 5.82. The number of para-hydroxylation sites is 2. The lowest BCUT2D eigenvalue weighted by atomic mass is 10.3. The number of benzene rings is 1. The van der Waals surface area contributed by atoms with E-state index in [9.17, 15) is 9.59 Å². The highest BCUT2D eigenvalue weighted by Gasteiger charge is 2.13. The highest BCUT2D eigenvalue weighted by Crippen LogP contribution is 2.17. The second kappa shape index (κ2) is 3.83. The smallest absolute Gasteiger partial charge is 0.308 e. The SMILES string of the molecule is CCCn1c2ccccc2n2c(=O)c(=O)[nH]nc12. The van der Waals surface area contributed by atoms with E-state index >= 15 is 0 Å². The van der Waals surface area contributed by atoms with Gasteiger partial charge in [-0.2, -0.15) is 0 Å². The summed E-state index contributed by atoms with van der Waals surface area (Å²) in [5, 5.41) is 6.23. The van der Waals surface area contributed by atoms with Crippen LogP contribution in [-0.2, 0) is 6.54 Å². The van der Waals surface area contributed by atoms with Crippen molar-refractivity contribution in [3.8, 4) is 0 Å². The number of rotatable bonds is 2. The molecule has 0 saturated heterocycles. The lowest BCUT2D eigenvalue weighted by Crippen LogP contribution is -2.33. The number of imidazole rings is 1. The average molecular weight is 244 g/mol. The van der Waals surface area contributed by atoms with Gasteiger partial charge in [-0.25, -0.2) is 9.50 Å². The lowest BCUT2D eigenvalue weighted by molar-refractivity contribution is 0.698. The van der Waals surface area contributed by atoms with E-state index in [-0.39, 0.29) is 0 Å². The van der Waals surface area contributed by atoms with Gasteiger partial charge in [0.2, 0.25) is 5.78 Å². The number of hydrogen-bond acceptors (Lipinski definition) is 3. The van der Waals surface area contributed by atoms with Gasteiger partial charge in [0.05, 0.1) is 11.0 Å². The molecule has 0 aliphatic rings. The van der Waals surface area contributed by atoms with Gasteiger partial charge in [-0.05, 0) is 18.6 Å². The number of nitrogens with zero attached hydrogens (tertiary/aromatic N) is 3. The minimum atomic E-state index is -0.702. The normalized spacial score (nSPS) is 11.4. The van der Waals surface area contributed by atoms with Crippen LogP contribution in [0, 0.1) is 0 Å². The predicted octanol–water partition coefficient (Wildman–Crippen LogP) is 0.747. The molecule has 0 aliphatic heterocycles. The molecule has 0 spiro atoms. The molecule has 0 bridgehead atoms. The van der Waals surface area contributed by atoms with E-state index in [1.54, 1.807) is 0 Å². The van der Waals surface area contributed by atoms with Crippen LogP contribution in [0.15, 0.2) is 33.9 Å². The highest BCUT2D eigenvalue weighted by molar-refractivity contribution is 5.80. The third-order valence-electron chi connectivity index (χ3n) is 2.96. The summed E-state index contributed by atoms with van der Waals surface area (Å²) in [6.07, 6.45) is 0.920. The van der Waals surface area contributed by atoms with Gasteiger partial charge >= 0.3 is 11.1 Å². The fraction of sp³-hybridized carbons (Fsp3) is 0.250. The van der Waals surface area contributed by atoms with Gasteiger partial charge in [0.25, 0.3) is 0 Å². The lowest BCUT2D eigenvalue weighted by Gasteiger charge is -2.01. The van der Waals surface area contributed by atoms with E-state index in [0.29, 0.717) is 11.3 Å². The zero-order valence-corrected chi connectivity index (χ0v) is 9.88. The molecule has 0 fully saturated rings. The summed E-state index contributed by atoms with van der Waals surface area (Å²) < 4.78 is 3.30. The van der Waals surface area contributed by atoms with Crippen molar-refractivity contribution in [1.29, 1.82) is 0 Å². The second-order valence-electron chi connectivity index (χ2n) is 4.13. The topological polar surface area (TPSA) is 72.2 Å². The number of aromatic amines is 1. The molecular weight excluding hydrogens is 232 g/mol. The van der Waals surface area contributed by atoms with Crippen molar-refractivity contribution in [3.05, 3.63) is 45.0 Å². The van der Waals surface area contributed by atoms with E-state index in [4.69, 9.17) is 0 Å². The van der Waals surface area contributed by atoms with Crippen LogP contribution in [0.3, 0.4) is 0 Å². The van der Waals surface area contributed by atoms with Crippen LogP contribution in [0.1, 0.15) is 13.3 Å². The Morgan fingerprint density at radius 3 is 2.67 bits per heavy atom. The maximum absolute atomic E-state index is 11.9. The van der Waals surface area contributed by atoms with Crippen molar-refractivity contribution in [3.63, 3.8) is 0 Å². The Balaban J connectivity index is 2.62. The number of hydrogen-bond donors (Lipinski definition) is 1. The minimum Gasteiger partial charge on any atom is -0.308 e. The van der Waals surface area contributed by atoms with Gasteiger partial charge in [-0.3, -0.25) is 9.59 Å². The zero-order valence-electron chi connectivity index (χ0n) is 9.88. The molecule has 0 amide bonds. The Labute approximate surface area is 101 Å². The molecular formula is C12H12N4O2. The summed E-state index contributed by atoms with van der Waals surface area (Å²) >= 11 is 0.